The topological polar surface area (TPSA) is 82.5 Å². The molecule has 0 radical (unpaired) electrons. The lowest BCUT2D eigenvalue weighted by molar-refractivity contribution is 0.0610. The Hall–Kier alpha value is -1.62. The fourth-order valence-electron chi connectivity index (χ4n) is 2.19. The summed E-state index contributed by atoms with van der Waals surface area (Å²) in [6, 6.07) is 1.45. The lowest BCUT2D eigenvalue weighted by Gasteiger charge is -2.23. The molecule has 0 atom stereocenters. The lowest BCUT2D eigenvalue weighted by atomic mass is 10.0. The van der Waals surface area contributed by atoms with Gasteiger partial charge in [0.15, 0.2) is 0 Å². The number of aromatic carboxylic acids is 1. The van der Waals surface area contributed by atoms with E-state index in [-0.39, 0.29) is 5.56 Å². The van der Waals surface area contributed by atoms with Crippen LogP contribution in [0, 0.1) is 0 Å². The third-order valence-electron chi connectivity index (χ3n) is 3.19. The van der Waals surface area contributed by atoms with Crippen LogP contribution in [-0.2, 0) is 0 Å². The van der Waals surface area contributed by atoms with E-state index in [2.05, 4.69) is 10.3 Å². The summed E-state index contributed by atoms with van der Waals surface area (Å²) in [5.74, 6) is -0.992. The maximum absolute atomic E-state index is 11.0. The van der Waals surface area contributed by atoms with E-state index < -0.39 is 11.6 Å². The summed E-state index contributed by atoms with van der Waals surface area (Å²) >= 11 is 0. The highest BCUT2D eigenvalue weighted by Crippen LogP contribution is 2.29. The number of aromatic nitrogens is 1. The standard InChI is InChI=1S/C12H16N2O3/c15-11(16)9-3-6-13-7-10(9)14-8-12(17)4-1-2-5-12/h3,6-7,14,17H,1-2,4-5,8H2,(H,15,16). The minimum Gasteiger partial charge on any atom is -0.478 e. The van der Waals surface area contributed by atoms with Gasteiger partial charge in [0.25, 0.3) is 0 Å². The summed E-state index contributed by atoms with van der Waals surface area (Å²) in [5.41, 5.74) is -0.0621. The van der Waals surface area contributed by atoms with Gasteiger partial charge in [-0.2, -0.15) is 0 Å². The first-order chi connectivity index (χ1) is 8.11. The van der Waals surface area contributed by atoms with Gasteiger partial charge in [0.2, 0.25) is 0 Å². The zero-order valence-corrected chi connectivity index (χ0v) is 9.52. The number of nitrogens with zero attached hydrogens (tertiary/aromatic N) is 1. The Morgan fingerprint density at radius 2 is 2.18 bits per heavy atom. The van der Waals surface area contributed by atoms with E-state index in [1.165, 1.54) is 18.5 Å². The molecule has 1 heterocycles. The molecule has 1 aromatic rings. The maximum Gasteiger partial charge on any atom is 0.337 e. The van der Waals surface area contributed by atoms with E-state index in [9.17, 15) is 9.90 Å². The fraction of sp³-hybridized carbons (Fsp3) is 0.500. The normalized spacial score (nSPS) is 17.9. The lowest BCUT2D eigenvalue weighted by Crippen LogP contribution is -2.33. The summed E-state index contributed by atoms with van der Waals surface area (Å²) < 4.78 is 0. The van der Waals surface area contributed by atoms with Crippen molar-refractivity contribution in [1.82, 2.24) is 4.98 Å². The van der Waals surface area contributed by atoms with Crippen LogP contribution < -0.4 is 5.32 Å². The first-order valence-corrected chi connectivity index (χ1v) is 5.74. The van der Waals surface area contributed by atoms with Crippen LogP contribution >= 0.6 is 0 Å². The highest BCUT2D eigenvalue weighted by Gasteiger charge is 2.31. The van der Waals surface area contributed by atoms with Gasteiger partial charge in [-0.05, 0) is 18.9 Å². The summed E-state index contributed by atoms with van der Waals surface area (Å²) in [6.45, 7) is 0.374. The molecule has 92 valence electrons. The Kier molecular flexibility index (Phi) is 3.28. The van der Waals surface area contributed by atoms with E-state index in [4.69, 9.17) is 5.11 Å². The second-order valence-corrected chi connectivity index (χ2v) is 4.51. The highest BCUT2D eigenvalue weighted by molar-refractivity contribution is 5.93. The van der Waals surface area contributed by atoms with Crippen LogP contribution in [0.15, 0.2) is 18.5 Å². The van der Waals surface area contributed by atoms with Gasteiger partial charge in [-0.1, -0.05) is 12.8 Å². The second kappa shape index (κ2) is 4.71. The molecule has 1 saturated carbocycles. The minimum absolute atomic E-state index is 0.182. The van der Waals surface area contributed by atoms with Crippen molar-refractivity contribution < 1.29 is 15.0 Å². The molecule has 17 heavy (non-hydrogen) atoms. The third-order valence-corrected chi connectivity index (χ3v) is 3.19. The number of hydrogen-bond donors (Lipinski definition) is 3. The maximum atomic E-state index is 11.0. The summed E-state index contributed by atoms with van der Waals surface area (Å²) in [4.78, 5) is 14.9. The summed E-state index contributed by atoms with van der Waals surface area (Å²) in [6.07, 6.45) is 6.50. The van der Waals surface area contributed by atoms with Gasteiger partial charge >= 0.3 is 5.97 Å². The van der Waals surface area contributed by atoms with Crippen LogP contribution in [0.4, 0.5) is 5.69 Å². The van der Waals surface area contributed by atoms with Crippen molar-refractivity contribution in [2.24, 2.45) is 0 Å². The van der Waals surface area contributed by atoms with E-state index in [0.717, 1.165) is 25.7 Å². The molecule has 0 aliphatic heterocycles. The monoisotopic (exact) mass is 236 g/mol. The van der Waals surface area contributed by atoms with Crippen molar-refractivity contribution in [3.05, 3.63) is 24.0 Å². The third kappa shape index (κ3) is 2.74. The average molecular weight is 236 g/mol. The SMILES string of the molecule is O=C(O)c1ccncc1NCC1(O)CCCC1. The molecule has 1 aliphatic carbocycles. The molecule has 5 nitrogen and oxygen atoms in total. The Bertz CT molecular complexity index is 414. The molecule has 1 aromatic heterocycles. The van der Waals surface area contributed by atoms with Crippen LogP contribution in [0.3, 0.4) is 0 Å². The van der Waals surface area contributed by atoms with Crippen molar-refractivity contribution in [2.45, 2.75) is 31.3 Å². The molecule has 2 rings (SSSR count). The van der Waals surface area contributed by atoms with E-state index in [1.54, 1.807) is 0 Å². The Labute approximate surface area is 99.5 Å². The molecule has 5 heteroatoms. The molecule has 1 fully saturated rings. The molecular weight excluding hydrogens is 220 g/mol. The van der Waals surface area contributed by atoms with E-state index in [0.29, 0.717) is 12.2 Å². The molecule has 0 aromatic carbocycles. The first-order valence-electron chi connectivity index (χ1n) is 5.74. The molecule has 0 amide bonds. The Balaban J connectivity index is 2.06. The summed E-state index contributed by atoms with van der Waals surface area (Å²) in [7, 11) is 0. The van der Waals surface area contributed by atoms with Crippen molar-refractivity contribution in [3.63, 3.8) is 0 Å². The molecule has 0 bridgehead atoms. The van der Waals surface area contributed by atoms with Crippen LogP contribution in [0.25, 0.3) is 0 Å². The smallest absolute Gasteiger partial charge is 0.337 e. The van der Waals surface area contributed by atoms with Crippen LogP contribution in [0.1, 0.15) is 36.0 Å². The van der Waals surface area contributed by atoms with Gasteiger partial charge in [0.1, 0.15) is 0 Å². The van der Waals surface area contributed by atoms with Crippen LogP contribution in [-0.4, -0.2) is 33.3 Å². The quantitative estimate of drug-likeness (QED) is 0.738. The van der Waals surface area contributed by atoms with Crippen molar-refractivity contribution in [3.8, 4) is 0 Å². The van der Waals surface area contributed by atoms with Crippen LogP contribution in [0.2, 0.25) is 0 Å². The average Bonchev–Trinajstić information content (AvgIpc) is 2.74. The number of anilines is 1. The minimum atomic E-state index is -0.992. The Morgan fingerprint density at radius 3 is 2.82 bits per heavy atom. The zero-order valence-electron chi connectivity index (χ0n) is 9.52. The fourth-order valence-corrected chi connectivity index (χ4v) is 2.19. The van der Waals surface area contributed by atoms with Crippen molar-refractivity contribution >= 4 is 11.7 Å². The number of carboxylic acid groups (broad SMARTS) is 1. The number of hydrogen-bond acceptors (Lipinski definition) is 4. The molecule has 1 aliphatic rings. The van der Waals surface area contributed by atoms with Crippen LogP contribution in [0.5, 0.6) is 0 Å². The zero-order chi connectivity index (χ0) is 12.3. The second-order valence-electron chi connectivity index (χ2n) is 4.51. The largest absolute Gasteiger partial charge is 0.478 e. The van der Waals surface area contributed by atoms with Gasteiger partial charge in [-0.25, -0.2) is 4.79 Å². The summed E-state index contributed by atoms with van der Waals surface area (Å²) in [5, 5.41) is 22.1. The van der Waals surface area contributed by atoms with Gasteiger partial charge < -0.3 is 15.5 Å². The van der Waals surface area contributed by atoms with E-state index >= 15 is 0 Å². The first kappa shape index (κ1) is 11.9. The molecule has 0 spiro atoms. The predicted octanol–water partition coefficient (Wildman–Crippen LogP) is 1.50. The van der Waals surface area contributed by atoms with Gasteiger partial charge in [-0.15, -0.1) is 0 Å². The van der Waals surface area contributed by atoms with Gasteiger partial charge in [-0.3, -0.25) is 4.98 Å². The number of rotatable bonds is 4. The predicted molar refractivity (Wildman–Crippen MR) is 63.1 cm³/mol. The number of carboxylic acids is 1. The number of pyridine rings is 1. The molecule has 0 unspecified atom stereocenters. The number of carbonyl (C=O) groups is 1. The Morgan fingerprint density at radius 1 is 1.47 bits per heavy atom. The van der Waals surface area contributed by atoms with Crippen molar-refractivity contribution in [2.75, 3.05) is 11.9 Å². The molecule has 0 saturated heterocycles. The highest BCUT2D eigenvalue weighted by atomic mass is 16.4. The molecular formula is C12H16N2O3. The molecule has 3 N–H and O–H groups in total. The number of aliphatic hydroxyl groups is 1. The number of nitrogens with one attached hydrogen (secondary N) is 1. The van der Waals surface area contributed by atoms with E-state index in [1.807, 2.05) is 0 Å². The van der Waals surface area contributed by atoms with Crippen molar-refractivity contribution in [1.29, 1.82) is 0 Å². The van der Waals surface area contributed by atoms with Gasteiger partial charge in [0, 0.05) is 12.7 Å². The van der Waals surface area contributed by atoms with Gasteiger partial charge in [0.05, 0.1) is 23.0 Å².